The zero-order chi connectivity index (χ0) is 50.1. The van der Waals surface area contributed by atoms with Crippen LogP contribution in [0.3, 0.4) is 0 Å². The predicted molar refractivity (Wildman–Crippen MR) is 314 cm³/mol. The van der Waals surface area contributed by atoms with Crippen LogP contribution in [0.5, 0.6) is 0 Å². The average molecular weight is 977 g/mol. The molecular formula is C66H72N8. The van der Waals surface area contributed by atoms with E-state index in [0.29, 0.717) is 5.92 Å². The van der Waals surface area contributed by atoms with Crippen molar-refractivity contribution in [1.29, 1.82) is 0 Å². The Morgan fingerprint density at radius 3 is 1.27 bits per heavy atom. The first-order chi connectivity index (χ1) is 36.6. The van der Waals surface area contributed by atoms with E-state index in [0.717, 1.165) is 71.1 Å². The van der Waals surface area contributed by atoms with Crippen molar-refractivity contribution in [2.75, 3.05) is 52.4 Å². The van der Waals surface area contributed by atoms with E-state index in [1.807, 2.05) is 0 Å². The number of piperidine rings is 2. The number of aromatic nitrogens is 4. The molecule has 0 saturated carbocycles. The first-order valence-corrected chi connectivity index (χ1v) is 27.3. The molecule has 0 spiro atoms. The Bertz CT molecular complexity index is 3500. The van der Waals surface area contributed by atoms with Gasteiger partial charge < -0.3 is 41.2 Å². The molecule has 8 heteroatoms. The summed E-state index contributed by atoms with van der Waals surface area (Å²) in [5, 5.41) is 19.2. The van der Waals surface area contributed by atoms with Gasteiger partial charge in [0, 0.05) is 84.9 Å². The van der Waals surface area contributed by atoms with Crippen LogP contribution < -0.4 is 21.3 Å². The number of aryl methyl sites for hydroxylation is 2. The van der Waals surface area contributed by atoms with Crippen molar-refractivity contribution in [3.63, 3.8) is 0 Å². The van der Waals surface area contributed by atoms with Gasteiger partial charge in [-0.15, -0.1) is 0 Å². The summed E-state index contributed by atoms with van der Waals surface area (Å²) < 4.78 is 0. The summed E-state index contributed by atoms with van der Waals surface area (Å²) in [6, 6.07) is 55.8. The summed E-state index contributed by atoms with van der Waals surface area (Å²) in [7, 11) is 0. The number of para-hydroxylation sites is 4. The summed E-state index contributed by atoms with van der Waals surface area (Å²) in [5.41, 5.74) is 21.5. The fraction of sp³-hybridized carbons (Fsp3) is 0.273. The van der Waals surface area contributed by atoms with Gasteiger partial charge in [-0.25, -0.2) is 0 Å². The van der Waals surface area contributed by atoms with Gasteiger partial charge in [0.25, 0.3) is 0 Å². The molecule has 2 fully saturated rings. The van der Waals surface area contributed by atoms with Crippen molar-refractivity contribution in [2.24, 2.45) is 0 Å². The molecular weight excluding hydrogens is 905 g/mol. The number of aromatic amines is 4. The van der Waals surface area contributed by atoms with E-state index in [-0.39, 0.29) is 0 Å². The lowest BCUT2D eigenvalue weighted by atomic mass is 9.87. The molecule has 4 aromatic heterocycles. The lowest BCUT2D eigenvalue weighted by Crippen LogP contribution is -2.26. The number of benzene rings is 6. The Morgan fingerprint density at radius 2 is 0.730 bits per heavy atom. The Balaban J connectivity index is 0.000000107. The Morgan fingerprint density at radius 1 is 0.338 bits per heavy atom. The molecule has 0 bridgehead atoms. The summed E-state index contributed by atoms with van der Waals surface area (Å²) in [4.78, 5) is 14.2. The highest BCUT2D eigenvalue weighted by Crippen LogP contribution is 2.40. The van der Waals surface area contributed by atoms with E-state index in [1.165, 1.54) is 131 Å². The third kappa shape index (κ3) is 10.7. The van der Waals surface area contributed by atoms with Gasteiger partial charge in [-0.05, 0) is 161 Å². The second kappa shape index (κ2) is 23.3. The normalized spacial score (nSPS) is 16.4. The molecule has 376 valence electrons. The molecule has 6 aromatic carbocycles. The molecule has 8 nitrogen and oxygen atoms in total. The number of nitrogens with one attached hydrogen (secondary N) is 8. The van der Waals surface area contributed by atoms with E-state index >= 15 is 0 Å². The fourth-order valence-corrected chi connectivity index (χ4v) is 12.2. The van der Waals surface area contributed by atoms with Crippen LogP contribution in [0, 0.1) is 13.8 Å². The largest absolute Gasteiger partial charge is 0.358 e. The first-order valence-electron chi connectivity index (χ1n) is 27.3. The van der Waals surface area contributed by atoms with Gasteiger partial charge in [0.1, 0.15) is 0 Å². The monoisotopic (exact) mass is 977 g/mol. The average Bonchev–Trinajstić information content (AvgIpc) is 4.25. The van der Waals surface area contributed by atoms with Gasteiger partial charge in [-0.2, -0.15) is 0 Å². The van der Waals surface area contributed by atoms with Crippen LogP contribution in [0.1, 0.15) is 84.0 Å². The minimum atomic E-state index is 0.651. The highest BCUT2D eigenvalue weighted by molar-refractivity contribution is 6.00. The van der Waals surface area contributed by atoms with Crippen LogP contribution in [-0.2, 0) is 0 Å². The second-order valence-corrected chi connectivity index (χ2v) is 20.4. The maximum Gasteiger partial charge on any atom is 0.0541 e. The number of hydrogen-bond acceptors (Lipinski definition) is 4. The van der Waals surface area contributed by atoms with Crippen LogP contribution >= 0.6 is 0 Å². The molecule has 0 atom stereocenters. The molecule has 0 amide bonds. The number of H-pyrrole nitrogens is 4. The molecule has 8 N–H and O–H groups in total. The maximum absolute atomic E-state index is 3.66. The van der Waals surface area contributed by atoms with Crippen LogP contribution in [0.15, 0.2) is 170 Å². The van der Waals surface area contributed by atoms with Crippen molar-refractivity contribution >= 4 is 54.8 Å². The van der Waals surface area contributed by atoms with E-state index in [4.69, 9.17) is 0 Å². The first kappa shape index (κ1) is 49.0. The van der Waals surface area contributed by atoms with E-state index in [9.17, 15) is 0 Å². The van der Waals surface area contributed by atoms with Crippen molar-refractivity contribution in [3.8, 4) is 22.5 Å². The molecule has 74 heavy (non-hydrogen) atoms. The SMILES string of the molecule is C1=C(c2c(-c3ccccc3)[nH]c3ccccc23)CCNC1.Cc1[nH]c2ccccc2c1C1=CCNCC1.Cc1[nH]c2ccccc2c1C1CCNCC1.c1ccc(-c2[nH]c3ccccc3c2C2CCNCC2)cc1. The number of hydrogen-bond donors (Lipinski definition) is 8. The van der Waals surface area contributed by atoms with Gasteiger partial charge in [-0.3, -0.25) is 0 Å². The molecule has 14 rings (SSSR count). The van der Waals surface area contributed by atoms with Crippen molar-refractivity contribution in [3.05, 3.63) is 204 Å². The van der Waals surface area contributed by atoms with Crippen LogP contribution in [-0.4, -0.2) is 72.3 Å². The maximum atomic E-state index is 3.66. The van der Waals surface area contributed by atoms with Gasteiger partial charge in [0.2, 0.25) is 0 Å². The van der Waals surface area contributed by atoms with Gasteiger partial charge >= 0.3 is 0 Å². The van der Waals surface area contributed by atoms with Crippen molar-refractivity contribution in [2.45, 2.75) is 64.2 Å². The Kier molecular flexibility index (Phi) is 15.5. The highest BCUT2D eigenvalue weighted by atomic mass is 14.9. The second-order valence-electron chi connectivity index (χ2n) is 20.4. The van der Waals surface area contributed by atoms with Crippen molar-refractivity contribution < 1.29 is 0 Å². The summed E-state index contributed by atoms with van der Waals surface area (Å²) in [5.74, 6) is 1.38. The zero-order valence-corrected chi connectivity index (χ0v) is 43.2. The molecule has 8 heterocycles. The third-order valence-electron chi connectivity index (χ3n) is 15.7. The van der Waals surface area contributed by atoms with Gasteiger partial charge in [0.05, 0.1) is 5.69 Å². The smallest absolute Gasteiger partial charge is 0.0541 e. The molecule has 4 aliphatic rings. The van der Waals surface area contributed by atoms with Gasteiger partial charge in [0.15, 0.2) is 0 Å². The van der Waals surface area contributed by atoms with E-state index < -0.39 is 0 Å². The molecule has 0 radical (unpaired) electrons. The molecule has 0 aliphatic carbocycles. The third-order valence-corrected chi connectivity index (χ3v) is 15.7. The molecule has 0 unspecified atom stereocenters. The zero-order valence-electron chi connectivity index (χ0n) is 43.2. The Hall–Kier alpha value is -7.20. The number of rotatable bonds is 6. The summed E-state index contributed by atoms with van der Waals surface area (Å²) in [6.07, 6.45) is 11.8. The van der Waals surface area contributed by atoms with Crippen LogP contribution in [0.2, 0.25) is 0 Å². The van der Waals surface area contributed by atoms with Gasteiger partial charge in [-0.1, -0.05) is 146 Å². The summed E-state index contributed by atoms with van der Waals surface area (Å²) >= 11 is 0. The molecule has 2 saturated heterocycles. The number of fused-ring (bicyclic) bond motifs is 4. The molecule has 10 aromatic rings. The van der Waals surface area contributed by atoms with E-state index in [2.05, 4.69) is 225 Å². The van der Waals surface area contributed by atoms with Crippen molar-refractivity contribution in [1.82, 2.24) is 41.2 Å². The fourth-order valence-electron chi connectivity index (χ4n) is 12.2. The quantitative estimate of drug-likeness (QED) is 0.0849. The topological polar surface area (TPSA) is 111 Å². The molecule has 4 aliphatic heterocycles. The highest BCUT2D eigenvalue weighted by Gasteiger charge is 2.24. The van der Waals surface area contributed by atoms with Crippen LogP contribution in [0.25, 0.3) is 77.3 Å². The summed E-state index contributed by atoms with van der Waals surface area (Å²) in [6.45, 7) is 13.0. The van der Waals surface area contributed by atoms with Crippen LogP contribution in [0.4, 0.5) is 0 Å². The predicted octanol–water partition coefficient (Wildman–Crippen LogP) is 14.3. The lowest BCUT2D eigenvalue weighted by Gasteiger charge is -2.24. The Labute approximate surface area is 436 Å². The van der Waals surface area contributed by atoms with E-state index in [1.54, 1.807) is 5.56 Å². The minimum absolute atomic E-state index is 0.651. The minimum Gasteiger partial charge on any atom is -0.358 e. The lowest BCUT2D eigenvalue weighted by molar-refractivity contribution is 0.461. The standard InChI is InChI=1S/C19H20N2.C19H18N2.C14H18N2.C14H16N2/c2*1-2-6-15(7-3-1)19-18(14-10-12-20-13-11-14)16-8-4-5-9-17(16)21-19;2*1-10-14(11-6-8-15-9-7-11)12-4-2-3-5-13(12)16-10/h1-9,14,20-21H,10-13H2;1-10,20-21H,11-13H2;2-5,11,15-16H,6-9H2,1H3;2-6,15-16H,7-9H2,1H3.